The molecule has 19 heavy (non-hydrogen) atoms. The molecular formula is C16H18N2O. The number of hydrogen-bond acceptors (Lipinski definition) is 3. The fourth-order valence-corrected chi connectivity index (χ4v) is 2.82. The molecule has 1 unspecified atom stereocenters. The molecule has 0 amide bonds. The van der Waals surface area contributed by atoms with Crippen molar-refractivity contribution in [2.75, 3.05) is 18.0 Å². The molecular weight excluding hydrogens is 236 g/mol. The molecule has 3 heteroatoms. The number of anilines is 1. The molecule has 0 aliphatic carbocycles. The maximum absolute atomic E-state index is 11.3. The molecule has 0 saturated carbocycles. The average Bonchev–Trinajstić information content (AvgIpc) is 2.94. The second kappa shape index (κ2) is 5.00. The smallest absolute Gasteiger partial charge is 0.153 e. The summed E-state index contributed by atoms with van der Waals surface area (Å²) in [5, 5.41) is 1.03. The number of carbonyl (C=O) groups is 1. The van der Waals surface area contributed by atoms with E-state index in [9.17, 15) is 4.79 Å². The van der Waals surface area contributed by atoms with Gasteiger partial charge in [0.1, 0.15) is 5.82 Å². The minimum Gasteiger partial charge on any atom is -0.356 e. The fourth-order valence-electron chi connectivity index (χ4n) is 2.82. The Morgan fingerprint density at radius 2 is 2.26 bits per heavy atom. The largest absolute Gasteiger partial charge is 0.356 e. The molecule has 0 radical (unpaired) electrons. The lowest BCUT2D eigenvalue weighted by molar-refractivity contribution is 0.112. The topological polar surface area (TPSA) is 33.2 Å². The van der Waals surface area contributed by atoms with Crippen molar-refractivity contribution in [1.82, 2.24) is 4.98 Å². The third-order valence-corrected chi connectivity index (χ3v) is 4.02. The minimum absolute atomic E-state index is 0.704. The Labute approximate surface area is 113 Å². The Kier molecular flexibility index (Phi) is 3.20. The quantitative estimate of drug-likeness (QED) is 0.788. The van der Waals surface area contributed by atoms with Gasteiger partial charge in [0.05, 0.1) is 11.1 Å². The minimum atomic E-state index is 0.704. The highest BCUT2D eigenvalue weighted by Crippen LogP contribution is 2.28. The van der Waals surface area contributed by atoms with E-state index in [-0.39, 0.29) is 0 Å². The van der Waals surface area contributed by atoms with E-state index in [1.807, 2.05) is 30.3 Å². The number of nitrogens with zero attached hydrogens (tertiary/aromatic N) is 2. The van der Waals surface area contributed by atoms with Crippen LogP contribution < -0.4 is 4.90 Å². The molecule has 1 aliphatic rings. The first-order chi connectivity index (χ1) is 9.31. The van der Waals surface area contributed by atoms with E-state index in [0.29, 0.717) is 5.56 Å². The molecule has 2 aromatic rings. The van der Waals surface area contributed by atoms with E-state index >= 15 is 0 Å². The molecule has 3 rings (SSSR count). The van der Waals surface area contributed by atoms with Crippen molar-refractivity contribution in [1.29, 1.82) is 0 Å². The van der Waals surface area contributed by atoms with Gasteiger partial charge in [0.2, 0.25) is 0 Å². The maximum Gasteiger partial charge on any atom is 0.153 e. The normalized spacial score (nSPS) is 19.0. The monoisotopic (exact) mass is 254 g/mol. The SMILES string of the molecule is CCC1CCN(c2nc3ccccc3cc2C=O)C1. The summed E-state index contributed by atoms with van der Waals surface area (Å²) in [6, 6.07) is 9.91. The number of para-hydroxylation sites is 1. The molecule has 1 atom stereocenters. The Morgan fingerprint density at radius 1 is 1.42 bits per heavy atom. The Bertz CT molecular complexity index is 609. The summed E-state index contributed by atoms with van der Waals surface area (Å²) in [6.45, 7) is 4.25. The van der Waals surface area contributed by atoms with Gasteiger partial charge in [-0.3, -0.25) is 4.79 Å². The van der Waals surface area contributed by atoms with Crippen LogP contribution in [0.15, 0.2) is 30.3 Å². The van der Waals surface area contributed by atoms with Gasteiger partial charge in [0.15, 0.2) is 6.29 Å². The van der Waals surface area contributed by atoms with Crippen LogP contribution in [-0.2, 0) is 0 Å². The van der Waals surface area contributed by atoms with Gasteiger partial charge in [-0.15, -0.1) is 0 Å². The van der Waals surface area contributed by atoms with Crippen molar-refractivity contribution in [3.8, 4) is 0 Å². The van der Waals surface area contributed by atoms with Gasteiger partial charge in [0, 0.05) is 18.5 Å². The summed E-state index contributed by atoms with van der Waals surface area (Å²) in [5.41, 5.74) is 1.67. The lowest BCUT2D eigenvalue weighted by Gasteiger charge is -2.19. The number of pyridine rings is 1. The van der Waals surface area contributed by atoms with Crippen molar-refractivity contribution < 1.29 is 4.79 Å². The second-order valence-corrected chi connectivity index (χ2v) is 5.22. The zero-order valence-corrected chi connectivity index (χ0v) is 11.2. The molecule has 2 heterocycles. The summed E-state index contributed by atoms with van der Waals surface area (Å²) in [7, 11) is 0. The number of fused-ring (bicyclic) bond motifs is 1. The number of rotatable bonds is 3. The Hall–Kier alpha value is -1.90. The van der Waals surface area contributed by atoms with E-state index in [1.165, 1.54) is 12.8 Å². The maximum atomic E-state index is 11.3. The van der Waals surface area contributed by atoms with Crippen molar-refractivity contribution in [3.05, 3.63) is 35.9 Å². The van der Waals surface area contributed by atoms with Gasteiger partial charge in [-0.25, -0.2) is 4.98 Å². The van der Waals surface area contributed by atoms with Gasteiger partial charge >= 0.3 is 0 Å². The first kappa shape index (κ1) is 12.2. The summed E-state index contributed by atoms with van der Waals surface area (Å²) < 4.78 is 0. The number of carbonyl (C=O) groups excluding carboxylic acids is 1. The number of aldehydes is 1. The van der Waals surface area contributed by atoms with E-state index in [2.05, 4.69) is 11.8 Å². The van der Waals surface area contributed by atoms with E-state index in [0.717, 1.165) is 42.0 Å². The number of hydrogen-bond donors (Lipinski definition) is 0. The first-order valence-corrected chi connectivity index (χ1v) is 6.91. The Morgan fingerprint density at radius 3 is 3.00 bits per heavy atom. The van der Waals surface area contributed by atoms with E-state index in [4.69, 9.17) is 4.98 Å². The molecule has 3 nitrogen and oxygen atoms in total. The van der Waals surface area contributed by atoms with Gasteiger partial charge in [0.25, 0.3) is 0 Å². The van der Waals surface area contributed by atoms with Crippen LogP contribution in [0, 0.1) is 5.92 Å². The summed E-state index contributed by atoms with van der Waals surface area (Å²) in [6.07, 6.45) is 3.32. The summed E-state index contributed by atoms with van der Waals surface area (Å²) in [4.78, 5) is 18.3. The van der Waals surface area contributed by atoms with Crippen molar-refractivity contribution in [3.63, 3.8) is 0 Å². The van der Waals surface area contributed by atoms with Crippen LogP contribution in [0.2, 0.25) is 0 Å². The molecule has 1 fully saturated rings. The van der Waals surface area contributed by atoms with Crippen molar-refractivity contribution >= 4 is 23.0 Å². The van der Waals surface area contributed by atoms with E-state index in [1.54, 1.807) is 0 Å². The molecule has 1 aromatic carbocycles. The molecule has 0 spiro atoms. The highest BCUT2D eigenvalue weighted by molar-refractivity contribution is 5.91. The Balaban J connectivity index is 2.04. The first-order valence-electron chi connectivity index (χ1n) is 6.91. The lowest BCUT2D eigenvalue weighted by Crippen LogP contribution is -2.22. The van der Waals surface area contributed by atoms with Gasteiger partial charge in [-0.05, 0) is 24.5 Å². The van der Waals surface area contributed by atoms with Crippen molar-refractivity contribution in [2.45, 2.75) is 19.8 Å². The standard InChI is InChI=1S/C16H18N2O/c1-2-12-7-8-18(10-12)16-14(11-19)9-13-5-3-4-6-15(13)17-16/h3-6,9,11-12H,2,7-8,10H2,1H3. The highest BCUT2D eigenvalue weighted by atomic mass is 16.1. The molecule has 1 aliphatic heterocycles. The van der Waals surface area contributed by atoms with Crippen LogP contribution in [0.5, 0.6) is 0 Å². The van der Waals surface area contributed by atoms with Crippen molar-refractivity contribution in [2.24, 2.45) is 5.92 Å². The zero-order valence-electron chi connectivity index (χ0n) is 11.2. The molecule has 1 aromatic heterocycles. The van der Waals surface area contributed by atoms with Gasteiger partial charge in [-0.1, -0.05) is 31.5 Å². The highest BCUT2D eigenvalue weighted by Gasteiger charge is 2.24. The third kappa shape index (κ3) is 2.21. The predicted octanol–water partition coefficient (Wildman–Crippen LogP) is 3.28. The van der Waals surface area contributed by atoms with Crippen LogP contribution in [-0.4, -0.2) is 24.4 Å². The van der Waals surface area contributed by atoms with Gasteiger partial charge in [-0.2, -0.15) is 0 Å². The van der Waals surface area contributed by atoms with Crippen LogP contribution in [0.4, 0.5) is 5.82 Å². The van der Waals surface area contributed by atoms with Crippen LogP contribution >= 0.6 is 0 Å². The van der Waals surface area contributed by atoms with Crippen LogP contribution in [0.3, 0.4) is 0 Å². The predicted molar refractivity (Wildman–Crippen MR) is 77.7 cm³/mol. The molecule has 1 saturated heterocycles. The second-order valence-electron chi connectivity index (χ2n) is 5.22. The van der Waals surface area contributed by atoms with Crippen LogP contribution in [0.25, 0.3) is 10.9 Å². The number of benzene rings is 1. The molecule has 0 bridgehead atoms. The number of aromatic nitrogens is 1. The molecule has 0 N–H and O–H groups in total. The average molecular weight is 254 g/mol. The summed E-state index contributed by atoms with van der Waals surface area (Å²) >= 11 is 0. The lowest BCUT2D eigenvalue weighted by atomic mass is 10.1. The zero-order chi connectivity index (χ0) is 13.2. The van der Waals surface area contributed by atoms with E-state index < -0.39 is 0 Å². The molecule has 98 valence electrons. The van der Waals surface area contributed by atoms with Crippen LogP contribution in [0.1, 0.15) is 30.1 Å². The van der Waals surface area contributed by atoms with Gasteiger partial charge < -0.3 is 4.90 Å². The third-order valence-electron chi connectivity index (χ3n) is 4.02. The fraction of sp³-hybridized carbons (Fsp3) is 0.375. The summed E-state index contributed by atoms with van der Waals surface area (Å²) in [5.74, 6) is 1.58.